The Morgan fingerprint density at radius 3 is 2.50 bits per heavy atom. The summed E-state index contributed by atoms with van der Waals surface area (Å²) in [4.78, 5) is 15.2. The van der Waals surface area contributed by atoms with Gasteiger partial charge in [0, 0.05) is 10.9 Å². The Bertz CT molecular complexity index is 407. The Kier molecular flexibility index (Phi) is 6.15. The summed E-state index contributed by atoms with van der Waals surface area (Å²) in [7, 11) is 0. The molecule has 1 aromatic carbocycles. The fourth-order valence-electron chi connectivity index (χ4n) is 1.47. The van der Waals surface area contributed by atoms with E-state index in [2.05, 4.69) is 0 Å². The first-order valence-electron chi connectivity index (χ1n) is 5.76. The van der Waals surface area contributed by atoms with Gasteiger partial charge < -0.3 is 10.6 Å². The normalized spacial score (nSPS) is 10.4. The van der Waals surface area contributed by atoms with Crippen molar-refractivity contribution in [3.63, 3.8) is 0 Å². The molecule has 0 aliphatic carbocycles. The van der Waals surface area contributed by atoms with Gasteiger partial charge >= 0.3 is 0 Å². The summed E-state index contributed by atoms with van der Waals surface area (Å²) in [5.74, 6) is 0.469. The van der Waals surface area contributed by atoms with Gasteiger partial charge in [0.1, 0.15) is 0 Å². The van der Waals surface area contributed by atoms with Crippen LogP contribution >= 0.6 is 24.0 Å². The van der Waals surface area contributed by atoms with Gasteiger partial charge in [-0.1, -0.05) is 30.4 Å². The van der Waals surface area contributed by atoms with Crippen LogP contribution in [0.25, 0.3) is 0 Å². The highest BCUT2D eigenvalue weighted by atomic mass is 32.2. The quantitative estimate of drug-likeness (QED) is 0.642. The van der Waals surface area contributed by atoms with Gasteiger partial charge in [0.25, 0.3) is 0 Å². The minimum absolute atomic E-state index is 0.0617. The van der Waals surface area contributed by atoms with Crippen molar-refractivity contribution in [2.75, 3.05) is 12.3 Å². The third-order valence-corrected chi connectivity index (χ3v) is 3.50. The minimum Gasteiger partial charge on any atom is -0.392 e. The summed E-state index contributed by atoms with van der Waals surface area (Å²) in [5.41, 5.74) is 5.51. The predicted octanol–water partition coefficient (Wildman–Crippen LogP) is 2.30. The second-order valence-corrected chi connectivity index (χ2v) is 5.76. The van der Waals surface area contributed by atoms with Gasteiger partial charge in [0.2, 0.25) is 5.91 Å². The predicted molar refractivity (Wildman–Crippen MR) is 80.8 cm³/mol. The first kappa shape index (κ1) is 15.0. The highest BCUT2D eigenvalue weighted by molar-refractivity contribution is 8.00. The number of rotatable bonds is 6. The lowest BCUT2D eigenvalue weighted by molar-refractivity contribution is -0.129. The molecule has 0 aromatic heterocycles. The molecule has 1 aromatic rings. The zero-order valence-electron chi connectivity index (χ0n) is 10.6. The van der Waals surface area contributed by atoms with Crippen LogP contribution in [0.2, 0.25) is 0 Å². The zero-order chi connectivity index (χ0) is 13.5. The van der Waals surface area contributed by atoms with Crippen LogP contribution in [-0.4, -0.2) is 34.1 Å². The number of hydrogen-bond acceptors (Lipinski definition) is 3. The maximum absolute atomic E-state index is 12.1. The molecule has 0 heterocycles. The number of hydrogen-bond donors (Lipinski definition) is 1. The number of benzene rings is 1. The van der Waals surface area contributed by atoms with Gasteiger partial charge in [0.05, 0.1) is 17.3 Å². The molecule has 0 radical (unpaired) electrons. The van der Waals surface area contributed by atoms with E-state index >= 15 is 0 Å². The van der Waals surface area contributed by atoms with E-state index in [1.165, 1.54) is 11.8 Å². The number of carbonyl (C=O) groups excluding carboxylic acids is 1. The summed E-state index contributed by atoms with van der Waals surface area (Å²) in [6.07, 6.45) is 0. The third-order valence-electron chi connectivity index (χ3n) is 2.38. The third kappa shape index (κ3) is 5.06. The lowest BCUT2D eigenvalue weighted by atomic mass is 10.3. The number of thioether (sulfide) groups is 1. The van der Waals surface area contributed by atoms with E-state index in [4.69, 9.17) is 18.0 Å². The van der Waals surface area contributed by atoms with E-state index in [0.717, 1.165) is 4.90 Å². The molecule has 0 fully saturated rings. The SMILES string of the molecule is CC(C)N(CC(N)=S)C(=O)CSc1ccccc1. The Morgan fingerprint density at radius 2 is 2.00 bits per heavy atom. The van der Waals surface area contributed by atoms with E-state index in [9.17, 15) is 4.79 Å². The second kappa shape index (κ2) is 7.38. The topological polar surface area (TPSA) is 46.3 Å². The summed E-state index contributed by atoms with van der Waals surface area (Å²) >= 11 is 6.39. The van der Waals surface area contributed by atoms with Crippen LogP contribution in [0.3, 0.4) is 0 Å². The average molecular weight is 282 g/mol. The standard InChI is InChI=1S/C13H18N2OS2/c1-10(2)15(8-12(14)17)13(16)9-18-11-6-4-3-5-7-11/h3-7,10H,8-9H2,1-2H3,(H2,14,17). The Labute approximate surface area is 118 Å². The van der Waals surface area contributed by atoms with E-state index in [0.29, 0.717) is 17.3 Å². The fourth-order valence-corrected chi connectivity index (χ4v) is 2.42. The number of nitrogens with two attached hydrogens (primary N) is 1. The number of thiocarbonyl (C=S) groups is 1. The van der Waals surface area contributed by atoms with Crippen molar-refractivity contribution in [1.82, 2.24) is 4.90 Å². The zero-order valence-corrected chi connectivity index (χ0v) is 12.3. The van der Waals surface area contributed by atoms with E-state index in [-0.39, 0.29) is 11.9 Å². The molecular formula is C13H18N2OS2. The van der Waals surface area contributed by atoms with Gasteiger partial charge in [-0.25, -0.2) is 0 Å². The van der Waals surface area contributed by atoms with Gasteiger partial charge in [0.15, 0.2) is 0 Å². The summed E-state index contributed by atoms with van der Waals surface area (Å²) in [6, 6.07) is 9.97. The molecular weight excluding hydrogens is 264 g/mol. The molecule has 0 aliphatic heterocycles. The van der Waals surface area contributed by atoms with Crippen LogP contribution in [0.1, 0.15) is 13.8 Å². The first-order chi connectivity index (χ1) is 8.50. The number of amides is 1. The van der Waals surface area contributed by atoms with Crippen LogP contribution in [0, 0.1) is 0 Å². The van der Waals surface area contributed by atoms with Gasteiger partial charge in [-0.2, -0.15) is 0 Å². The Morgan fingerprint density at radius 1 is 1.39 bits per heavy atom. The molecule has 2 N–H and O–H groups in total. The van der Waals surface area contributed by atoms with Crippen LogP contribution in [-0.2, 0) is 4.79 Å². The Hall–Kier alpha value is -1.07. The van der Waals surface area contributed by atoms with Gasteiger partial charge in [-0.15, -0.1) is 11.8 Å². The van der Waals surface area contributed by atoms with Crippen molar-refractivity contribution in [3.8, 4) is 0 Å². The molecule has 1 amide bonds. The lowest BCUT2D eigenvalue weighted by Crippen LogP contribution is -2.43. The van der Waals surface area contributed by atoms with Crippen molar-refractivity contribution in [3.05, 3.63) is 30.3 Å². The summed E-state index contributed by atoms with van der Waals surface area (Å²) in [6.45, 7) is 4.27. The molecule has 3 nitrogen and oxygen atoms in total. The number of carbonyl (C=O) groups is 1. The molecule has 0 bridgehead atoms. The highest BCUT2D eigenvalue weighted by Crippen LogP contribution is 2.17. The lowest BCUT2D eigenvalue weighted by Gasteiger charge is -2.26. The maximum Gasteiger partial charge on any atom is 0.233 e. The van der Waals surface area contributed by atoms with Gasteiger partial charge in [-0.3, -0.25) is 4.79 Å². The fraction of sp³-hybridized carbons (Fsp3) is 0.385. The second-order valence-electron chi connectivity index (χ2n) is 4.18. The smallest absolute Gasteiger partial charge is 0.233 e. The van der Waals surface area contributed by atoms with E-state index in [1.807, 2.05) is 44.2 Å². The van der Waals surface area contributed by atoms with Gasteiger partial charge in [-0.05, 0) is 26.0 Å². The van der Waals surface area contributed by atoms with E-state index < -0.39 is 0 Å². The molecule has 0 atom stereocenters. The van der Waals surface area contributed by atoms with E-state index in [1.54, 1.807) is 4.90 Å². The largest absolute Gasteiger partial charge is 0.392 e. The molecule has 0 saturated heterocycles. The molecule has 5 heteroatoms. The molecule has 1 rings (SSSR count). The van der Waals surface area contributed by atoms with Crippen molar-refractivity contribution < 1.29 is 4.79 Å². The molecule has 98 valence electrons. The van der Waals surface area contributed by atoms with Crippen LogP contribution in [0.4, 0.5) is 0 Å². The van der Waals surface area contributed by atoms with Crippen molar-refractivity contribution in [1.29, 1.82) is 0 Å². The maximum atomic E-state index is 12.1. The van der Waals surface area contributed by atoms with Crippen molar-refractivity contribution in [2.45, 2.75) is 24.8 Å². The van der Waals surface area contributed by atoms with Crippen molar-refractivity contribution in [2.24, 2.45) is 5.73 Å². The summed E-state index contributed by atoms with van der Waals surface area (Å²) in [5, 5.41) is 0. The molecule has 0 unspecified atom stereocenters. The molecule has 0 spiro atoms. The summed E-state index contributed by atoms with van der Waals surface area (Å²) < 4.78 is 0. The molecule has 0 saturated carbocycles. The van der Waals surface area contributed by atoms with Crippen LogP contribution in [0.15, 0.2) is 35.2 Å². The monoisotopic (exact) mass is 282 g/mol. The average Bonchev–Trinajstić information content (AvgIpc) is 2.34. The van der Waals surface area contributed by atoms with Crippen LogP contribution in [0.5, 0.6) is 0 Å². The molecule has 0 aliphatic rings. The first-order valence-corrected chi connectivity index (χ1v) is 7.15. The van der Waals surface area contributed by atoms with Crippen molar-refractivity contribution >= 4 is 34.9 Å². The molecule has 18 heavy (non-hydrogen) atoms. The minimum atomic E-state index is 0.0617. The Balaban J connectivity index is 2.54. The number of nitrogens with zero attached hydrogens (tertiary/aromatic N) is 1. The highest BCUT2D eigenvalue weighted by Gasteiger charge is 2.17. The van der Waals surface area contributed by atoms with Crippen LogP contribution < -0.4 is 5.73 Å².